The third-order valence-electron chi connectivity index (χ3n) is 3.21. The molecule has 0 aromatic heterocycles. The van der Waals surface area contributed by atoms with E-state index in [-0.39, 0.29) is 24.4 Å². The first-order chi connectivity index (χ1) is 9.60. The van der Waals surface area contributed by atoms with Gasteiger partial charge in [-0.05, 0) is 26.3 Å². The maximum absolute atomic E-state index is 11.5. The van der Waals surface area contributed by atoms with Crippen LogP contribution in [0.15, 0.2) is 0 Å². The van der Waals surface area contributed by atoms with Crippen LogP contribution in [0.4, 0.5) is 0 Å². The molecule has 5 heteroatoms. The second kappa shape index (κ2) is 12.9. The fourth-order valence-corrected chi connectivity index (χ4v) is 1.98. The van der Waals surface area contributed by atoms with Gasteiger partial charge in [-0.3, -0.25) is 9.59 Å². The summed E-state index contributed by atoms with van der Waals surface area (Å²) in [5.41, 5.74) is 5.40. The van der Waals surface area contributed by atoms with Crippen LogP contribution in [0.2, 0.25) is 0 Å². The van der Waals surface area contributed by atoms with Gasteiger partial charge < -0.3 is 16.4 Å². The Bertz CT molecular complexity index is 270. The van der Waals surface area contributed by atoms with Gasteiger partial charge in [-0.25, -0.2) is 0 Å². The molecule has 0 saturated heterocycles. The van der Waals surface area contributed by atoms with Crippen molar-refractivity contribution in [1.29, 1.82) is 0 Å². The molecule has 0 spiro atoms. The first-order valence-electron chi connectivity index (χ1n) is 7.86. The standard InChI is InChI=1S/C15H31N3O2/c1-3-4-5-6-7-8-9-14(19)17-12-15(20)18-13(2)10-11-16/h13H,3-12,16H2,1-2H3,(H,17,19)(H,18,20). The predicted molar refractivity (Wildman–Crippen MR) is 82.3 cm³/mol. The van der Waals surface area contributed by atoms with Crippen molar-refractivity contribution in [2.24, 2.45) is 5.73 Å². The summed E-state index contributed by atoms with van der Waals surface area (Å²) in [5, 5.41) is 5.44. The van der Waals surface area contributed by atoms with Crippen molar-refractivity contribution in [2.75, 3.05) is 13.1 Å². The van der Waals surface area contributed by atoms with Gasteiger partial charge in [0.1, 0.15) is 0 Å². The van der Waals surface area contributed by atoms with Crippen LogP contribution < -0.4 is 16.4 Å². The molecule has 5 nitrogen and oxygen atoms in total. The molecule has 0 aliphatic rings. The summed E-state index contributed by atoms with van der Waals surface area (Å²) in [6, 6.07) is 0.0583. The Morgan fingerprint density at radius 3 is 2.35 bits per heavy atom. The number of carbonyl (C=O) groups excluding carboxylic acids is 2. The van der Waals surface area contributed by atoms with Crippen LogP contribution in [-0.4, -0.2) is 30.9 Å². The van der Waals surface area contributed by atoms with Crippen LogP contribution in [0.3, 0.4) is 0 Å². The Labute approximate surface area is 123 Å². The lowest BCUT2D eigenvalue weighted by atomic mass is 10.1. The molecule has 0 aromatic carbocycles. The average molecular weight is 285 g/mol. The third-order valence-corrected chi connectivity index (χ3v) is 3.21. The first-order valence-corrected chi connectivity index (χ1v) is 7.86. The maximum atomic E-state index is 11.5. The van der Waals surface area contributed by atoms with Gasteiger partial charge in [0.2, 0.25) is 11.8 Å². The zero-order chi connectivity index (χ0) is 15.2. The number of rotatable bonds is 12. The van der Waals surface area contributed by atoms with Crippen LogP contribution in [0, 0.1) is 0 Å². The van der Waals surface area contributed by atoms with Crippen LogP contribution in [-0.2, 0) is 9.59 Å². The number of unbranched alkanes of at least 4 members (excludes halogenated alkanes) is 5. The molecule has 1 unspecified atom stereocenters. The number of carbonyl (C=O) groups is 2. The molecule has 0 radical (unpaired) electrons. The van der Waals surface area contributed by atoms with Crippen molar-refractivity contribution in [3.05, 3.63) is 0 Å². The maximum Gasteiger partial charge on any atom is 0.239 e. The topological polar surface area (TPSA) is 84.2 Å². The lowest BCUT2D eigenvalue weighted by Crippen LogP contribution is -2.41. The van der Waals surface area contributed by atoms with Crippen LogP contribution >= 0.6 is 0 Å². The highest BCUT2D eigenvalue weighted by molar-refractivity contribution is 5.84. The van der Waals surface area contributed by atoms with Gasteiger partial charge >= 0.3 is 0 Å². The van der Waals surface area contributed by atoms with Gasteiger partial charge in [-0.15, -0.1) is 0 Å². The smallest absolute Gasteiger partial charge is 0.239 e. The summed E-state index contributed by atoms with van der Waals surface area (Å²) in [4.78, 5) is 23.1. The molecule has 20 heavy (non-hydrogen) atoms. The fourth-order valence-electron chi connectivity index (χ4n) is 1.98. The SMILES string of the molecule is CCCCCCCCC(=O)NCC(=O)NC(C)CCN. The minimum Gasteiger partial charge on any atom is -0.352 e. The van der Waals surface area contributed by atoms with E-state index < -0.39 is 0 Å². The summed E-state index contributed by atoms with van der Waals surface area (Å²) in [7, 11) is 0. The Kier molecular flexibility index (Phi) is 12.2. The Balaban J connectivity index is 3.50. The second-order valence-electron chi connectivity index (χ2n) is 5.34. The van der Waals surface area contributed by atoms with Crippen molar-refractivity contribution in [2.45, 2.75) is 71.3 Å². The second-order valence-corrected chi connectivity index (χ2v) is 5.34. The van der Waals surface area contributed by atoms with Crippen LogP contribution in [0.5, 0.6) is 0 Å². The van der Waals surface area contributed by atoms with E-state index >= 15 is 0 Å². The molecule has 0 bridgehead atoms. The highest BCUT2D eigenvalue weighted by Crippen LogP contribution is 2.06. The number of nitrogens with one attached hydrogen (secondary N) is 2. The summed E-state index contributed by atoms with van der Waals surface area (Å²) < 4.78 is 0. The van der Waals surface area contributed by atoms with E-state index in [1.54, 1.807) is 0 Å². The number of hydrogen-bond acceptors (Lipinski definition) is 3. The minimum atomic E-state index is -0.151. The normalized spacial score (nSPS) is 11.9. The van der Waals surface area contributed by atoms with E-state index in [0.717, 1.165) is 19.3 Å². The highest BCUT2D eigenvalue weighted by atomic mass is 16.2. The summed E-state index contributed by atoms with van der Waals surface area (Å²) in [6.07, 6.45) is 8.20. The molecule has 0 heterocycles. The lowest BCUT2D eigenvalue weighted by molar-refractivity contribution is -0.126. The molecule has 0 aliphatic heterocycles. The van der Waals surface area contributed by atoms with E-state index in [1.165, 1.54) is 25.7 Å². The summed E-state index contributed by atoms with van der Waals surface area (Å²) in [6.45, 7) is 4.70. The Hall–Kier alpha value is -1.10. The van der Waals surface area contributed by atoms with Gasteiger partial charge in [-0.2, -0.15) is 0 Å². The van der Waals surface area contributed by atoms with Crippen molar-refractivity contribution in [1.82, 2.24) is 10.6 Å². The molecule has 4 N–H and O–H groups in total. The summed E-state index contributed by atoms with van der Waals surface area (Å²) >= 11 is 0. The van der Waals surface area contributed by atoms with Gasteiger partial charge in [0.05, 0.1) is 6.54 Å². The molecule has 0 rings (SSSR count). The largest absolute Gasteiger partial charge is 0.352 e. The van der Waals surface area contributed by atoms with Gasteiger partial charge in [0.15, 0.2) is 0 Å². The molecular formula is C15H31N3O2. The zero-order valence-corrected chi connectivity index (χ0v) is 13.0. The van der Waals surface area contributed by atoms with Crippen molar-refractivity contribution >= 4 is 11.8 Å². The average Bonchev–Trinajstić information content (AvgIpc) is 2.40. The molecule has 0 fully saturated rings. The monoisotopic (exact) mass is 285 g/mol. The van der Waals surface area contributed by atoms with Gasteiger partial charge in [0, 0.05) is 12.5 Å². The molecule has 0 aliphatic carbocycles. The van der Waals surface area contributed by atoms with Crippen molar-refractivity contribution in [3.63, 3.8) is 0 Å². The third kappa shape index (κ3) is 12.0. The number of amides is 2. The van der Waals surface area contributed by atoms with Crippen molar-refractivity contribution in [3.8, 4) is 0 Å². The zero-order valence-electron chi connectivity index (χ0n) is 13.0. The Morgan fingerprint density at radius 1 is 1.05 bits per heavy atom. The number of hydrogen-bond donors (Lipinski definition) is 3. The molecule has 118 valence electrons. The van der Waals surface area contributed by atoms with Crippen LogP contribution in [0.1, 0.15) is 65.2 Å². The first kappa shape index (κ1) is 18.9. The van der Waals surface area contributed by atoms with E-state index in [0.29, 0.717) is 13.0 Å². The molecule has 0 aromatic rings. The van der Waals surface area contributed by atoms with E-state index in [1.807, 2.05) is 6.92 Å². The van der Waals surface area contributed by atoms with E-state index in [4.69, 9.17) is 5.73 Å². The van der Waals surface area contributed by atoms with E-state index in [9.17, 15) is 9.59 Å². The predicted octanol–water partition coefficient (Wildman–Crippen LogP) is 1.71. The lowest BCUT2D eigenvalue weighted by Gasteiger charge is -2.13. The minimum absolute atomic E-state index is 0.0397. The highest BCUT2D eigenvalue weighted by Gasteiger charge is 2.08. The Morgan fingerprint density at radius 2 is 1.70 bits per heavy atom. The number of nitrogens with two attached hydrogens (primary N) is 1. The van der Waals surface area contributed by atoms with Crippen molar-refractivity contribution < 1.29 is 9.59 Å². The molecule has 0 saturated carbocycles. The summed E-state index contributed by atoms with van der Waals surface area (Å²) in [5.74, 6) is -0.190. The van der Waals surface area contributed by atoms with E-state index in [2.05, 4.69) is 17.6 Å². The van der Waals surface area contributed by atoms with Gasteiger partial charge in [0.25, 0.3) is 0 Å². The molecular weight excluding hydrogens is 254 g/mol. The van der Waals surface area contributed by atoms with Crippen LogP contribution in [0.25, 0.3) is 0 Å². The molecule has 2 amide bonds. The van der Waals surface area contributed by atoms with Gasteiger partial charge in [-0.1, -0.05) is 39.0 Å². The molecule has 1 atom stereocenters. The fraction of sp³-hybridized carbons (Fsp3) is 0.867. The quantitative estimate of drug-likeness (QED) is 0.477.